The molecule has 1 heterocycles. The summed E-state index contributed by atoms with van der Waals surface area (Å²) in [6.45, 7) is 2.60. The number of esters is 1. The minimum atomic E-state index is -0.447. The predicted molar refractivity (Wildman–Crippen MR) is 104 cm³/mol. The summed E-state index contributed by atoms with van der Waals surface area (Å²) in [7, 11) is 1.31. The van der Waals surface area contributed by atoms with E-state index in [1.165, 1.54) is 19.2 Å². The van der Waals surface area contributed by atoms with E-state index < -0.39 is 11.8 Å². The van der Waals surface area contributed by atoms with Gasteiger partial charge in [-0.25, -0.2) is 9.18 Å². The lowest BCUT2D eigenvalue weighted by molar-refractivity contribution is -0.895. The first-order chi connectivity index (χ1) is 14.0. The predicted octanol–water partition coefficient (Wildman–Crippen LogP) is 0.592. The molecule has 3 rings (SSSR count). The third-order valence-corrected chi connectivity index (χ3v) is 4.83. The van der Waals surface area contributed by atoms with E-state index in [0.717, 1.165) is 4.90 Å². The maximum absolute atomic E-state index is 13.2. The molecule has 1 saturated heterocycles. The first-order valence-electron chi connectivity index (χ1n) is 9.33. The van der Waals surface area contributed by atoms with Crippen molar-refractivity contribution in [2.45, 2.75) is 0 Å². The molecule has 1 aliphatic rings. The standard InChI is InChI=1S/C21H22FN3O4/c1-29-21(28)16-7-5-15(6-8-16)20(27)25-11-9-24(10-12-25)14-19(26)23-18-4-2-3-17(22)13-18/h2-8,13H,9-12,14H2,1H3,(H,23,26)/p+1. The monoisotopic (exact) mass is 400 g/mol. The molecule has 0 bridgehead atoms. The van der Waals surface area contributed by atoms with Crippen LogP contribution < -0.4 is 10.2 Å². The second kappa shape index (κ2) is 9.29. The number of carbonyl (C=O) groups is 3. The summed E-state index contributed by atoms with van der Waals surface area (Å²) in [5.41, 5.74) is 1.33. The molecule has 29 heavy (non-hydrogen) atoms. The molecule has 0 atom stereocenters. The number of nitrogens with one attached hydrogen (secondary N) is 2. The van der Waals surface area contributed by atoms with Gasteiger partial charge in [-0.2, -0.15) is 0 Å². The summed E-state index contributed by atoms with van der Waals surface area (Å²) in [6.07, 6.45) is 0. The van der Waals surface area contributed by atoms with Crippen molar-refractivity contribution in [2.24, 2.45) is 0 Å². The summed E-state index contributed by atoms with van der Waals surface area (Å²) >= 11 is 0. The van der Waals surface area contributed by atoms with E-state index in [0.29, 0.717) is 43.0 Å². The molecule has 0 aliphatic carbocycles. The summed E-state index contributed by atoms with van der Waals surface area (Å²) in [5, 5.41) is 2.69. The van der Waals surface area contributed by atoms with Crippen LogP contribution >= 0.6 is 0 Å². The fourth-order valence-corrected chi connectivity index (χ4v) is 3.25. The van der Waals surface area contributed by atoms with Gasteiger partial charge in [-0.15, -0.1) is 0 Å². The lowest BCUT2D eigenvalue weighted by Gasteiger charge is -2.32. The Morgan fingerprint density at radius 2 is 1.72 bits per heavy atom. The van der Waals surface area contributed by atoms with Gasteiger partial charge in [0.2, 0.25) is 0 Å². The van der Waals surface area contributed by atoms with Crippen molar-refractivity contribution < 1.29 is 28.4 Å². The van der Waals surface area contributed by atoms with Gasteiger partial charge in [0.15, 0.2) is 6.54 Å². The van der Waals surface area contributed by atoms with Crippen LogP contribution in [0.4, 0.5) is 10.1 Å². The highest BCUT2D eigenvalue weighted by molar-refractivity contribution is 5.96. The maximum atomic E-state index is 13.2. The quantitative estimate of drug-likeness (QED) is 0.720. The van der Waals surface area contributed by atoms with Crippen molar-refractivity contribution in [1.82, 2.24) is 4.90 Å². The highest BCUT2D eigenvalue weighted by Gasteiger charge is 2.26. The molecule has 2 N–H and O–H groups in total. The number of halogens is 1. The first kappa shape index (κ1) is 20.5. The third-order valence-electron chi connectivity index (χ3n) is 4.83. The van der Waals surface area contributed by atoms with Crippen LogP contribution in [0.25, 0.3) is 0 Å². The van der Waals surface area contributed by atoms with E-state index in [2.05, 4.69) is 10.1 Å². The molecular weight excluding hydrogens is 377 g/mol. The van der Waals surface area contributed by atoms with Crippen molar-refractivity contribution in [1.29, 1.82) is 0 Å². The molecule has 0 radical (unpaired) electrons. The highest BCUT2D eigenvalue weighted by atomic mass is 19.1. The average Bonchev–Trinajstić information content (AvgIpc) is 2.73. The van der Waals surface area contributed by atoms with E-state index >= 15 is 0 Å². The lowest BCUT2D eigenvalue weighted by Crippen LogP contribution is -3.15. The number of carbonyl (C=O) groups excluding carboxylic acids is 3. The smallest absolute Gasteiger partial charge is 0.337 e. The van der Waals surface area contributed by atoms with Crippen molar-refractivity contribution in [2.75, 3.05) is 45.2 Å². The number of rotatable bonds is 5. The molecule has 0 aromatic heterocycles. The van der Waals surface area contributed by atoms with Crippen LogP contribution in [0.5, 0.6) is 0 Å². The van der Waals surface area contributed by atoms with Gasteiger partial charge in [-0.3, -0.25) is 9.59 Å². The highest BCUT2D eigenvalue weighted by Crippen LogP contribution is 2.10. The summed E-state index contributed by atoms with van der Waals surface area (Å²) < 4.78 is 17.8. The topological polar surface area (TPSA) is 80.2 Å². The number of hydrogen-bond acceptors (Lipinski definition) is 4. The number of quaternary nitrogens is 1. The Hall–Kier alpha value is -3.26. The molecule has 1 aliphatic heterocycles. The maximum Gasteiger partial charge on any atom is 0.337 e. The Balaban J connectivity index is 1.49. The SMILES string of the molecule is COC(=O)c1ccc(C(=O)N2CC[NH+](CC(=O)Nc3cccc(F)c3)CC2)cc1. The van der Waals surface area contributed by atoms with E-state index in [9.17, 15) is 18.8 Å². The Labute approximate surface area is 168 Å². The fourth-order valence-electron chi connectivity index (χ4n) is 3.25. The van der Waals surface area contributed by atoms with Gasteiger partial charge < -0.3 is 19.9 Å². The Morgan fingerprint density at radius 1 is 1.07 bits per heavy atom. The van der Waals surface area contributed by atoms with E-state index in [1.54, 1.807) is 41.3 Å². The zero-order valence-corrected chi connectivity index (χ0v) is 16.1. The zero-order chi connectivity index (χ0) is 20.8. The largest absolute Gasteiger partial charge is 0.465 e. The molecule has 0 saturated carbocycles. The number of nitrogens with zero attached hydrogens (tertiary/aromatic N) is 1. The van der Waals surface area contributed by atoms with Gasteiger partial charge in [0, 0.05) is 11.3 Å². The molecule has 7 nitrogen and oxygen atoms in total. The van der Waals surface area contributed by atoms with Crippen LogP contribution in [0.2, 0.25) is 0 Å². The van der Waals surface area contributed by atoms with Crippen LogP contribution in [0.15, 0.2) is 48.5 Å². The number of benzene rings is 2. The van der Waals surface area contributed by atoms with Crippen LogP contribution in [0.1, 0.15) is 20.7 Å². The minimum Gasteiger partial charge on any atom is -0.465 e. The Kier molecular flexibility index (Phi) is 6.56. The summed E-state index contributed by atoms with van der Waals surface area (Å²) in [6, 6.07) is 12.1. The molecule has 0 unspecified atom stereocenters. The molecule has 152 valence electrons. The molecular formula is C21H23FN3O4+. The normalized spacial score (nSPS) is 14.3. The van der Waals surface area contributed by atoms with Crippen molar-refractivity contribution in [3.8, 4) is 0 Å². The lowest BCUT2D eigenvalue weighted by atomic mass is 10.1. The molecule has 1 fully saturated rings. The molecule has 8 heteroatoms. The minimum absolute atomic E-state index is 0.107. The Bertz CT molecular complexity index is 893. The van der Waals surface area contributed by atoms with Gasteiger partial charge in [0.1, 0.15) is 5.82 Å². The van der Waals surface area contributed by atoms with Crippen LogP contribution in [-0.2, 0) is 9.53 Å². The van der Waals surface area contributed by atoms with E-state index in [4.69, 9.17) is 0 Å². The van der Waals surface area contributed by atoms with Gasteiger partial charge in [0.05, 0.1) is 38.9 Å². The number of amides is 2. The van der Waals surface area contributed by atoms with Gasteiger partial charge in [-0.1, -0.05) is 6.07 Å². The summed E-state index contributed by atoms with van der Waals surface area (Å²) in [5.74, 6) is -1.15. The third kappa shape index (κ3) is 5.39. The first-order valence-corrected chi connectivity index (χ1v) is 9.33. The zero-order valence-electron chi connectivity index (χ0n) is 16.1. The van der Waals surface area contributed by atoms with Crippen LogP contribution in [0, 0.1) is 5.82 Å². The van der Waals surface area contributed by atoms with Crippen molar-refractivity contribution in [3.05, 3.63) is 65.5 Å². The van der Waals surface area contributed by atoms with Crippen molar-refractivity contribution in [3.63, 3.8) is 0 Å². The number of piperazine rings is 1. The van der Waals surface area contributed by atoms with E-state index in [-0.39, 0.29) is 18.4 Å². The number of anilines is 1. The number of ether oxygens (including phenoxy) is 1. The van der Waals surface area contributed by atoms with Crippen LogP contribution in [-0.4, -0.2) is 62.5 Å². The van der Waals surface area contributed by atoms with Gasteiger partial charge in [0.25, 0.3) is 11.8 Å². The molecule has 2 amide bonds. The molecule has 2 aromatic rings. The second-order valence-corrected chi connectivity index (χ2v) is 6.85. The fraction of sp³-hybridized carbons (Fsp3) is 0.286. The molecule has 2 aromatic carbocycles. The number of hydrogen-bond donors (Lipinski definition) is 2. The van der Waals surface area contributed by atoms with Crippen molar-refractivity contribution >= 4 is 23.5 Å². The van der Waals surface area contributed by atoms with Crippen LogP contribution in [0.3, 0.4) is 0 Å². The second-order valence-electron chi connectivity index (χ2n) is 6.85. The van der Waals surface area contributed by atoms with E-state index in [1.807, 2.05) is 0 Å². The van der Waals surface area contributed by atoms with Gasteiger partial charge >= 0.3 is 5.97 Å². The average molecular weight is 400 g/mol. The summed E-state index contributed by atoms with van der Waals surface area (Å²) in [4.78, 5) is 39.1. The number of methoxy groups -OCH3 is 1. The molecule has 0 spiro atoms. The Morgan fingerprint density at radius 3 is 2.34 bits per heavy atom. The van der Waals surface area contributed by atoms with Gasteiger partial charge in [-0.05, 0) is 42.5 Å².